The van der Waals surface area contributed by atoms with Crippen LogP contribution in [0.1, 0.15) is 21.9 Å². The van der Waals surface area contributed by atoms with E-state index >= 15 is 0 Å². The lowest BCUT2D eigenvalue weighted by molar-refractivity contribution is 0.0734. The van der Waals surface area contributed by atoms with Crippen LogP contribution >= 0.6 is 0 Å². The third kappa shape index (κ3) is 2.04. The highest BCUT2D eigenvalue weighted by Gasteiger charge is 2.21. The molecule has 1 aromatic heterocycles. The molecule has 2 heterocycles. The monoisotopic (exact) mass is 208 g/mol. The molecule has 1 fully saturated rings. The largest absolute Gasteiger partial charge is 0.466 e. The lowest BCUT2D eigenvalue weighted by atomic mass is 10.2. The summed E-state index contributed by atoms with van der Waals surface area (Å²) in [6.07, 6.45) is 0. The molecule has 0 bridgehead atoms. The molecule has 0 aliphatic carbocycles. The van der Waals surface area contributed by atoms with Gasteiger partial charge in [-0.25, -0.2) is 0 Å². The van der Waals surface area contributed by atoms with Crippen LogP contribution in [0, 0.1) is 13.8 Å². The van der Waals surface area contributed by atoms with E-state index in [-0.39, 0.29) is 5.91 Å². The zero-order chi connectivity index (χ0) is 10.8. The van der Waals surface area contributed by atoms with Crippen LogP contribution in [0.15, 0.2) is 10.5 Å². The lowest BCUT2D eigenvalue weighted by Gasteiger charge is -2.27. The van der Waals surface area contributed by atoms with Crippen molar-refractivity contribution in [1.82, 2.24) is 10.2 Å². The Kier molecular flexibility index (Phi) is 2.77. The maximum Gasteiger partial charge on any atom is 0.257 e. The van der Waals surface area contributed by atoms with Crippen LogP contribution in [0.2, 0.25) is 0 Å². The van der Waals surface area contributed by atoms with Crippen LogP contribution < -0.4 is 5.32 Å². The third-order valence-electron chi connectivity index (χ3n) is 2.68. The number of nitrogens with one attached hydrogen (secondary N) is 1. The Balaban J connectivity index is 2.16. The molecule has 4 nitrogen and oxygen atoms in total. The summed E-state index contributed by atoms with van der Waals surface area (Å²) in [6.45, 7) is 7.01. The van der Waals surface area contributed by atoms with Crippen molar-refractivity contribution in [3.63, 3.8) is 0 Å². The molecule has 0 unspecified atom stereocenters. The number of carbonyl (C=O) groups excluding carboxylic acids is 1. The lowest BCUT2D eigenvalue weighted by Crippen LogP contribution is -2.46. The molecule has 0 saturated carbocycles. The van der Waals surface area contributed by atoms with Crippen molar-refractivity contribution in [2.45, 2.75) is 13.8 Å². The minimum Gasteiger partial charge on any atom is -0.466 e. The highest BCUT2D eigenvalue weighted by atomic mass is 16.3. The Morgan fingerprint density at radius 2 is 2.07 bits per heavy atom. The van der Waals surface area contributed by atoms with Gasteiger partial charge in [0, 0.05) is 26.2 Å². The number of carbonyl (C=O) groups is 1. The number of aryl methyl sites for hydroxylation is 2. The quantitative estimate of drug-likeness (QED) is 0.747. The van der Waals surface area contributed by atoms with Gasteiger partial charge in [0.1, 0.15) is 11.5 Å². The summed E-state index contributed by atoms with van der Waals surface area (Å²) < 4.78 is 5.36. The first-order valence-corrected chi connectivity index (χ1v) is 5.25. The van der Waals surface area contributed by atoms with Gasteiger partial charge in [0.05, 0.1) is 5.56 Å². The van der Waals surface area contributed by atoms with Crippen molar-refractivity contribution in [3.8, 4) is 0 Å². The van der Waals surface area contributed by atoms with Crippen LogP contribution in [-0.2, 0) is 0 Å². The van der Waals surface area contributed by atoms with Crippen molar-refractivity contribution in [2.24, 2.45) is 0 Å². The smallest absolute Gasteiger partial charge is 0.257 e. The van der Waals surface area contributed by atoms with Gasteiger partial charge >= 0.3 is 0 Å². The molecule has 1 N–H and O–H groups in total. The van der Waals surface area contributed by atoms with Gasteiger partial charge < -0.3 is 14.6 Å². The molecule has 1 saturated heterocycles. The van der Waals surface area contributed by atoms with Crippen molar-refractivity contribution < 1.29 is 9.21 Å². The van der Waals surface area contributed by atoms with Gasteiger partial charge in [0.15, 0.2) is 0 Å². The van der Waals surface area contributed by atoms with Crippen molar-refractivity contribution in [3.05, 3.63) is 23.2 Å². The molecule has 0 spiro atoms. The normalized spacial score (nSPS) is 16.8. The third-order valence-corrected chi connectivity index (χ3v) is 2.68. The number of hydrogen-bond donors (Lipinski definition) is 1. The molecule has 15 heavy (non-hydrogen) atoms. The molecule has 0 atom stereocenters. The number of rotatable bonds is 1. The predicted octanol–water partition coefficient (Wildman–Crippen LogP) is 0.942. The van der Waals surface area contributed by atoms with Gasteiger partial charge in [-0.15, -0.1) is 0 Å². The van der Waals surface area contributed by atoms with Crippen LogP contribution in [0.3, 0.4) is 0 Å². The van der Waals surface area contributed by atoms with E-state index in [1.807, 2.05) is 24.8 Å². The van der Waals surface area contributed by atoms with Crippen LogP contribution in [-0.4, -0.2) is 37.0 Å². The zero-order valence-corrected chi connectivity index (χ0v) is 9.17. The Hall–Kier alpha value is -1.29. The van der Waals surface area contributed by atoms with E-state index in [2.05, 4.69) is 5.32 Å². The van der Waals surface area contributed by atoms with Gasteiger partial charge in [-0.1, -0.05) is 0 Å². The van der Waals surface area contributed by atoms with Gasteiger partial charge in [0.25, 0.3) is 5.91 Å². The molecular formula is C11H16N2O2. The fourth-order valence-electron chi connectivity index (χ4n) is 1.88. The average molecular weight is 208 g/mol. The molecule has 1 amide bonds. The van der Waals surface area contributed by atoms with Crippen molar-refractivity contribution in [1.29, 1.82) is 0 Å². The number of hydrogen-bond acceptors (Lipinski definition) is 3. The molecular weight excluding hydrogens is 192 g/mol. The highest BCUT2D eigenvalue weighted by Crippen LogP contribution is 2.16. The Morgan fingerprint density at radius 3 is 2.60 bits per heavy atom. The highest BCUT2D eigenvalue weighted by molar-refractivity contribution is 5.95. The molecule has 0 radical (unpaired) electrons. The van der Waals surface area contributed by atoms with Gasteiger partial charge in [0.2, 0.25) is 0 Å². The first-order valence-electron chi connectivity index (χ1n) is 5.25. The molecule has 0 aromatic carbocycles. The van der Waals surface area contributed by atoms with Gasteiger partial charge in [-0.3, -0.25) is 4.79 Å². The molecule has 1 aromatic rings. The molecule has 82 valence electrons. The Morgan fingerprint density at radius 1 is 1.40 bits per heavy atom. The summed E-state index contributed by atoms with van der Waals surface area (Å²) in [7, 11) is 0. The minimum absolute atomic E-state index is 0.0888. The second-order valence-electron chi connectivity index (χ2n) is 3.87. The van der Waals surface area contributed by atoms with Crippen LogP contribution in [0.25, 0.3) is 0 Å². The van der Waals surface area contributed by atoms with Crippen molar-refractivity contribution in [2.75, 3.05) is 26.2 Å². The van der Waals surface area contributed by atoms with Crippen LogP contribution in [0.5, 0.6) is 0 Å². The molecule has 1 aliphatic rings. The summed E-state index contributed by atoms with van der Waals surface area (Å²) in [6, 6.07) is 1.82. The van der Waals surface area contributed by atoms with E-state index in [1.165, 1.54) is 0 Å². The van der Waals surface area contributed by atoms with Crippen molar-refractivity contribution >= 4 is 5.91 Å². The van der Waals surface area contributed by atoms with E-state index in [0.717, 1.165) is 37.7 Å². The fraction of sp³-hybridized carbons (Fsp3) is 0.545. The number of piperazine rings is 1. The molecule has 1 aliphatic heterocycles. The second kappa shape index (κ2) is 4.06. The summed E-state index contributed by atoms with van der Waals surface area (Å²) in [5, 5.41) is 3.22. The summed E-state index contributed by atoms with van der Waals surface area (Å²) in [4.78, 5) is 13.9. The zero-order valence-electron chi connectivity index (χ0n) is 9.17. The van der Waals surface area contributed by atoms with Crippen LogP contribution in [0.4, 0.5) is 0 Å². The van der Waals surface area contributed by atoms with E-state index in [4.69, 9.17) is 4.42 Å². The SMILES string of the molecule is Cc1cc(C(=O)N2CCNCC2)c(C)o1. The average Bonchev–Trinajstić information content (AvgIpc) is 2.58. The summed E-state index contributed by atoms with van der Waals surface area (Å²) in [5.41, 5.74) is 0.703. The first-order chi connectivity index (χ1) is 7.18. The van der Waals surface area contributed by atoms with E-state index in [1.54, 1.807) is 0 Å². The molecule has 4 heteroatoms. The number of amides is 1. The predicted molar refractivity (Wildman–Crippen MR) is 57.0 cm³/mol. The van der Waals surface area contributed by atoms with E-state index in [9.17, 15) is 4.79 Å². The van der Waals surface area contributed by atoms with E-state index in [0.29, 0.717) is 5.56 Å². The number of nitrogens with zero attached hydrogens (tertiary/aromatic N) is 1. The Bertz CT molecular complexity index is 365. The second-order valence-corrected chi connectivity index (χ2v) is 3.87. The minimum atomic E-state index is 0.0888. The summed E-state index contributed by atoms with van der Waals surface area (Å²) >= 11 is 0. The van der Waals surface area contributed by atoms with Gasteiger partial charge in [-0.05, 0) is 19.9 Å². The Labute approximate surface area is 89.2 Å². The maximum atomic E-state index is 12.1. The van der Waals surface area contributed by atoms with E-state index < -0.39 is 0 Å². The fourth-order valence-corrected chi connectivity index (χ4v) is 1.88. The molecule has 2 rings (SSSR count). The standard InChI is InChI=1S/C11H16N2O2/c1-8-7-10(9(2)15-8)11(14)13-5-3-12-4-6-13/h7,12H,3-6H2,1-2H3. The number of furan rings is 1. The summed E-state index contributed by atoms with van der Waals surface area (Å²) in [5.74, 6) is 1.60. The van der Waals surface area contributed by atoms with Gasteiger partial charge in [-0.2, -0.15) is 0 Å². The topological polar surface area (TPSA) is 45.5 Å². The maximum absolute atomic E-state index is 12.1. The first kappa shape index (κ1) is 10.2.